The van der Waals surface area contributed by atoms with Gasteiger partial charge in [0, 0.05) is 19.1 Å². The minimum absolute atomic E-state index is 0.00927. The molecule has 0 radical (unpaired) electrons. The number of rotatable bonds is 5. The number of nitrogens with zero attached hydrogens (tertiary/aromatic N) is 1. The van der Waals surface area contributed by atoms with Crippen LogP contribution >= 0.6 is 0 Å². The lowest BCUT2D eigenvalue weighted by atomic mass is 10.1. The molecule has 0 aromatic rings. The van der Waals surface area contributed by atoms with Crippen LogP contribution in [0.5, 0.6) is 0 Å². The van der Waals surface area contributed by atoms with Crippen LogP contribution in [-0.2, 0) is 9.53 Å². The zero-order valence-corrected chi connectivity index (χ0v) is 10.1. The number of hydrogen-bond acceptors (Lipinski definition) is 4. The first-order valence-corrected chi connectivity index (χ1v) is 5.85. The Balaban J connectivity index is 2.27. The molecule has 1 heterocycles. The van der Waals surface area contributed by atoms with Gasteiger partial charge in [-0.2, -0.15) is 0 Å². The summed E-state index contributed by atoms with van der Waals surface area (Å²) >= 11 is 0. The van der Waals surface area contributed by atoms with Crippen molar-refractivity contribution in [3.8, 4) is 0 Å². The molecule has 1 saturated heterocycles. The molecule has 16 heavy (non-hydrogen) atoms. The molecular formula is C11H22N2O3. The van der Waals surface area contributed by atoms with Gasteiger partial charge in [-0.15, -0.1) is 0 Å². The fraction of sp³-hybridized carbons (Fsp3) is 0.909. The van der Waals surface area contributed by atoms with Crippen molar-refractivity contribution in [1.29, 1.82) is 0 Å². The van der Waals surface area contributed by atoms with Gasteiger partial charge < -0.3 is 20.1 Å². The largest absolute Gasteiger partial charge is 0.395 e. The number of aliphatic hydroxyl groups is 1. The molecule has 5 nitrogen and oxygen atoms in total. The molecule has 5 heteroatoms. The van der Waals surface area contributed by atoms with Crippen LogP contribution in [-0.4, -0.2) is 61.4 Å². The monoisotopic (exact) mass is 230 g/mol. The van der Waals surface area contributed by atoms with Crippen LogP contribution in [0.2, 0.25) is 0 Å². The molecule has 0 spiro atoms. The van der Waals surface area contributed by atoms with E-state index in [4.69, 9.17) is 9.84 Å². The number of ether oxygens (including phenoxy) is 1. The van der Waals surface area contributed by atoms with Crippen LogP contribution < -0.4 is 5.32 Å². The molecule has 1 aliphatic rings. The van der Waals surface area contributed by atoms with Gasteiger partial charge >= 0.3 is 0 Å². The molecule has 1 atom stereocenters. The van der Waals surface area contributed by atoms with Crippen molar-refractivity contribution in [3.05, 3.63) is 0 Å². The average Bonchev–Trinajstić information content (AvgIpc) is 2.30. The standard InChI is InChI=1S/C11H22N2O3/c1-9(2)10(8-14)12-7-11(15)13-3-5-16-6-4-13/h9-10,12,14H,3-8H2,1-2H3/t10-/m1/s1. The third-order valence-electron chi connectivity index (χ3n) is 2.88. The summed E-state index contributed by atoms with van der Waals surface area (Å²) in [6.07, 6.45) is 0. The van der Waals surface area contributed by atoms with Gasteiger partial charge in [-0.3, -0.25) is 4.79 Å². The predicted molar refractivity (Wildman–Crippen MR) is 61.1 cm³/mol. The van der Waals surface area contributed by atoms with E-state index < -0.39 is 0 Å². The van der Waals surface area contributed by atoms with E-state index in [0.717, 1.165) is 0 Å². The van der Waals surface area contributed by atoms with Gasteiger partial charge in [0.25, 0.3) is 0 Å². The van der Waals surface area contributed by atoms with Crippen LogP contribution in [0.15, 0.2) is 0 Å². The molecular weight excluding hydrogens is 208 g/mol. The Kier molecular flexibility index (Phi) is 5.73. The van der Waals surface area contributed by atoms with Crippen molar-refractivity contribution in [3.63, 3.8) is 0 Å². The molecule has 1 fully saturated rings. The normalized spacial score (nSPS) is 18.9. The van der Waals surface area contributed by atoms with Crippen molar-refractivity contribution in [2.45, 2.75) is 19.9 Å². The van der Waals surface area contributed by atoms with E-state index in [9.17, 15) is 4.79 Å². The van der Waals surface area contributed by atoms with Crippen molar-refractivity contribution >= 4 is 5.91 Å². The van der Waals surface area contributed by atoms with Crippen molar-refractivity contribution in [1.82, 2.24) is 10.2 Å². The number of hydrogen-bond donors (Lipinski definition) is 2. The fourth-order valence-electron chi connectivity index (χ4n) is 1.65. The fourth-order valence-corrected chi connectivity index (χ4v) is 1.65. The Bertz CT molecular complexity index is 215. The smallest absolute Gasteiger partial charge is 0.236 e. The first kappa shape index (κ1) is 13.4. The molecule has 2 N–H and O–H groups in total. The van der Waals surface area contributed by atoms with Gasteiger partial charge in [0.1, 0.15) is 0 Å². The summed E-state index contributed by atoms with van der Waals surface area (Å²) in [7, 11) is 0. The number of nitrogens with one attached hydrogen (secondary N) is 1. The van der Waals surface area contributed by atoms with Crippen molar-refractivity contribution in [2.75, 3.05) is 39.5 Å². The maximum absolute atomic E-state index is 11.8. The maximum atomic E-state index is 11.8. The lowest BCUT2D eigenvalue weighted by Gasteiger charge is -2.28. The average molecular weight is 230 g/mol. The highest BCUT2D eigenvalue weighted by Gasteiger charge is 2.18. The molecule has 0 aromatic heterocycles. The van der Waals surface area contributed by atoms with Gasteiger partial charge in [-0.1, -0.05) is 13.8 Å². The zero-order valence-electron chi connectivity index (χ0n) is 10.1. The molecule has 1 amide bonds. The highest BCUT2D eigenvalue weighted by atomic mass is 16.5. The van der Waals surface area contributed by atoms with Crippen LogP contribution in [0.25, 0.3) is 0 Å². The Labute approximate surface area is 96.8 Å². The zero-order chi connectivity index (χ0) is 12.0. The van der Waals surface area contributed by atoms with Crippen molar-refractivity contribution < 1.29 is 14.6 Å². The lowest BCUT2D eigenvalue weighted by molar-refractivity contribution is -0.134. The number of carbonyl (C=O) groups excluding carboxylic acids is 1. The summed E-state index contributed by atoms with van der Waals surface area (Å²) in [6.45, 7) is 6.99. The number of aliphatic hydroxyl groups excluding tert-OH is 1. The highest BCUT2D eigenvalue weighted by molar-refractivity contribution is 5.78. The minimum Gasteiger partial charge on any atom is -0.395 e. The second-order valence-electron chi connectivity index (χ2n) is 4.41. The minimum atomic E-state index is -0.00927. The van der Waals surface area contributed by atoms with Gasteiger partial charge in [0.15, 0.2) is 0 Å². The van der Waals surface area contributed by atoms with Crippen LogP contribution in [0, 0.1) is 5.92 Å². The Morgan fingerprint density at radius 3 is 2.56 bits per heavy atom. The third kappa shape index (κ3) is 4.08. The van der Waals surface area contributed by atoms with E-state index >= 15 is 0 Å². The second-order valence-corrected chi connectivity index (χ2v) is 4.41. The predicted octanol–water partition coefficient (Wildman–Crippen LogP) is -0.548. The highest BCUT2D eigenvalue weighted by Crippen LogP contribution is 2.01. The van der Waals surface area contributed by atoms with E-state index in [1.165, 1.54) is 0 Å². The van der Waals surface area contributed by atoms with E-state index in [-0.39, 0.29) is 18.6 Å². The molecule has 94 valence electrons. The molecule has 1 aliphatic heterocycles. The van der Waals surface area contributed by atoms with E-state index in [1.54, 1.807) is 4.90 Å². The molecule has 1 rings (SSSR count). The molecule has 0 saturated carbocycles. The number of amides is 1. The van der Waals surface area contributed by atoms with Gasteiger partial charge in [0.05, 0.1) is 26.4 Å². The number of morpholine rings is 1. The van der Waals surface area contributed by atoms with E-state index in [0.29, 0.717) is 38.8 Å². The van der Waals surface area contributed by atoms with E-state index in [2.05, 4.69) is 5.32 Å². The first-order chi connectivity index (χ1) is 7.65. The summed E-state index contributed by atoms with van der Waals surface area (Å²) in [5.74, 6) is 0.407. The second kappa shape index (κ2) is 6.83. The van der Waals surface area contributed by atoms with Gasteiger partial charge in [0.2, 0.25) is 5.91 Å². The van der Waals surface area contributed by atoms with Gasteiger partial charge in [-0.05, 0) is 5.92 Å². The Morgan fingerprint density at radius 2 is 2.06 bits per heavy atom. The summed E-state index contributed by atoms with van der Waals surface area (Å²) in [5, 5.41) is 12.2. The van der Waals surface area contributed by atoms with Gasteiger partial charge in [-0.25, -0.2) is 0 Å². The topological polar surface area (TPSA) is 61.8 Å². The van der Waals surface area contributed by atoms with Crippen molar-refractivity contribution in [2.24, 2.45) is 5.92 Å². The molecule has 0 unspecified atom stereocenters. The Morgan fingerprint density at radius 1 is 1.44 bits per heavy atom. The third-order valence-corrected chi connectivity index (χ3v) is 2.88. The van der Waals surface area contributed by atoms with Crippen LogP contribution in [0.1, 0.15) is 13.8 Å². The molecule has 0 aliphatic carbocycles. The van der Waals surface area contributed by atoms with E-state index in [1.807, 2.05) is 13.8 Å². The summed E-state index contributed by atoms with van der Waals surface area (Å²) in [4.78, 5) is 13.6. The maximum Gasteiger partial charge on any atom is 0.236 e. The SMILES string of the molecule is CC(C)[C@@H](CO)NCC(=O)N1CCOCC1. The molecule has 0 aromatic carbocycles. The lowest BCUT2D eigenvalue weighted by Crippen LogP contribution is -2.48. The van der Waals surface area contributed by atoms with Crippen LogP contribution in [0.3, 0.4) is 0 Å². The summed E-state index contributed by atoms with van der Waals surface area (Å²) in [6, 6.07) is -0.00927. The summed E-state index contributed by atoms with van der Waals surface area (Å²) < 4.78 is 5.18. The molecule has 0 bridgehead atoms. The summed E-state index contributed by atoms with van der Waals surface area (Å²) in [5.41, 5.74) is 0. The van der Waals surface area contributed by atoms with Crippen LogP contribution in [0.4, 0.5) is 0 Å². The quantitative estimate of drug-likeness (QED) is 0.665. The number of carbonyl (C=O) groups is 1. The Hall–Kier alpha value is -0.650. The first-order valence-electron chi connectivity index (χ1n) is 5.85.